The summed E-state index contributed by atoms with van der Waals surface area (Å²) in [6.45, 7) is 6.69. The molecule has 0 radical (unpaired) electrons. The maximum absolute atomic E-state index is 12.7. The number of amides is 1. The van der Waals surface area contributed by atoms with Crippen molar-refractivity contribution in [3.05, 3.63) is 51.2 Å². The Kier molecular flexibility index (Phi) is 5.40. The van der Waals surface area contributed by atoms with Crippen molar-refractivity contribution >= 4 is 22.9 Å². The van der Waals surface area contributed by atoms with Gasteiger partial charge in [0, 0.05) is 15.9 Å². The van der Waals surface area contributed by atoms with Crippen LogP contribution in [0.2, 0.25) is 0 Å². The highest BCUT2D eigenvalue weighted by Crippen LogP contribution is 2.34. The fourth-order valence-electron chi connectivity index (χ4n) is 3.45. The zero-order chi connectivity index (χ0) is 17.1. The zero-order valence-corrected chi connectivity index (χ0v) is 15.7. The van der Waals surface area contributed by atoms with Crippen LogP contribution in [0.3, 0.4) is 0 Å². The second kappa shape index (κ2) is 7.52. The van der Waals surface area contributed by atoms with Crippen molar-refractivity contribution in [1.82, 2.24) is 0 Å². The minimum absolute atomic E-state index is 0.0405. The van der Waals surface area contributed by atoms with Crippen molar-refractivity contribution < 1.29 is 4.79 Å². The van der Waals surface area contributed by atoms with Crippen LogP contribution in [0, 0.1) is 5.92 Å². The summed E-state index contributed by atoms with van der Waals surface area (Å²) in [5.41, 5.74) is 4.39. The normalized spacial score (nSPS) is 18.0. The quantitative estimate of drug-likeness (QED) is 0.707. The molecule has 0 aliphatic heterocycles. The fourth-order valence-corrected chi connectivity index (χ4v) is 4.64. The Morgan fingerprint density at radius 3 is 2.71 bits per heavy atom. The molecule has 128 valence electrons. The molecule has 1 N–H and O–H groups in total. The molecule has 1 aromatic heterocycles. The molecule has 2 nitrogen and oxygen atoms in total. The average molecular weight is 342 g/mol. The minimum atomic E-state index is 0.0405. The summed E-state index contributed by atoms with van der Waals surface area (Å²) in [6, 6.07) is 8.29. The topological polar surface area (TPSA) is 29.1 Å². The van der Waals surface area contributed by atoms with Gasteiger partial charge in [-0.2, -0.15) is 0 Å². The number of rotatable bonds is 5. The molecule has 1 aromatic carbocycles. The van der Waals surface area contributed by atoms with Gasteiger partial charge in [0.25, 0.3) is 5.91 Å². The van der Waals surface area contributed by atoms with E-state index in [4.69, 9.17) is 0 Å². The summed E-state index contributed by atoms with van der Waals surface area (Å²) in [4.78, 5) is 14.1. The standard InChI is InChI=1S/C21H27NOS/c1-4-14(3)16-7-9-17(10-8-16)22-21(23)19-13-24-20-12-15(5-2)6-11-18(19)20/h7-10,13-15H,4-6,11-12H2,1-3H3,(H,22,23). The van der Waals surface area contributed by atoms with Crippen molar-refractivity contribution in [3.63, 3.8) is 0 Å². The predicted molar refractivity (Wildman–Crippen MR) is 103 cm³/mol. The Morgan fingerprint density at radius 1 is 1.29 bits per heavy atom. The number of hydrogen-bond acceptors (Lipinski definition) is 2. The molecule has 1 aliphatic carbocycles. The Hall–Kier alpha value is -1.61. The van der Waals surface area contributed by atoms with E-state index in [2.05, 4.69) is 38.2 Å². The number of carbonyl (C=O) groups is 1. The van der Waals surface area contributed by atoms with Gasteiger partial charge in [0.2, 0.25) is 0 Å². The van der Waals surface area contributed by atoms with Gasteiger partial charge >= 0.3 is 0 Å². The van der Waals surface area contributed by atoms with E-state index in [1.165, 1.54) is 28.8 Å². The molecule has 0 bridgehead atoms. The third-order valence-corrected chi connectivity index (χ3v) is 6.48. The van der Waals surface area contributed by atoms with Crippen LogP contribution < -0.4 is 5.32 Å². The summed E-state index contributed by atoms with van der Waals surface area (Å²) < 4.78 is 0. The molecule has 2 aromatic rings. The van der Waals surface area contributed by atoms with Gasteiger partial charge in [0.15, 0.2) is 0 Å². The smallest absolute Gasteiger partial charge is 0.256 e. The van der Waals surface area contributed by atoms with Gasteiger partial charge in [-0.1, -0.05) is 39.3 Å². The lowest BCUT2D eigenvalue weighted by atomic mass is 9.86. The molecule has 1 amide bonds. The van der Waals surface area contributed by atoms with Gasteiger partial charge in [-0.05, 0) is 60.8 Å². The second-order valence-electron chi connectivity index (χ2n) is 6.95. The Labute approximate surface area is 149 Å². The van der Waals surface area contributed by atoms with Gasteiger partial charge in [-0.25, -0.2) is 0 Å². The maximum atomic E-state index is 12.7. The van der Waals surface area contributed by atoms with Gasteiger partial charge in [-0.15, -0.1) is 11.3 Å². The number of hydrogen-bond donors (Lipinski definition) is 1. The average Bonchev–Trinajstić information content (AvgIpc) is 3.04. The molecule has 2 unspecified atom stereocenters. The molecule has 0 saturated carbocycles. The number of fused-ring (bicyclic) bond motifs is 1. The maximum Gasteiger partial charge on any atom is 0.256 e. The number of thiophene rings is 1. The van der Waals surface area contributed by atoms with Crippen molar-refractivity contribution in [1.29, 1.82) is 0 Å². The van der Waals surface area contributed by atoms with Crippen molar-refractivity contribution in [3.8, 4) is 0 Å². The van der Waals surface area contributed by atoms with Crippen LogP contribution in [-0.4, -0.2) is 5.91 Å². The van der Waals surface area contributed by atoms with E-state index < -0.39 is 0 Å². The molecule has 24 heavy (non-hydrogen) atoms. The Morgan fingerprint density at radius 2 is 2.04 bits per heavy atom. The minimum Gasteiger partial charge on any atom is -0.322 e. The second-order valence-corrected chi connectivity index (χ2v) is 7.92. The van der Waals surface area contributed by atoms with E-state index in [9.17, 15) is 4.79 Å². The molecule has 0 fully saturated rings. The number of carbonyl (C=O) groups excluding carboxylic acids is 1. The largest absolute Gasteiger partial charge is 0.322 e. The van der Waals surface area contributed by atoms with Crippen molar-refractivity contribution in [2.75, 3.05) is 5.32 Å². The monoisotopic (exact) mass is 341 g/mol. The third kappa shape index (κ3) is 3.56. The molecule has 1 aliphatic rings. The number of nitrogens with one attached hydrogen (secondary N) is 1. The Balaban J connectivity index is 1.71. The molecule has 2 atom stereocenters. The molecular weight excluding hydrogens is 314 g/mol. The van der Waals surface area contributed by atoms with E-state index >= 15 is 0 Å². The van der Waals surface area contributed by atoms with Crippen LogP contribution >= 0.6 is 11.3 Å². The molecule has 3 heteroatoms. The van der Waals surface area contributed by atoms with Gasteiger partial charge < -0.3 is 5.32 Å². The van der Waals surface area contributed by atoms with Crippen LogP contribution in [0.15, 0.2) is 29.6 Å². The zero-order valence-electron chi connectivity index (χ0n) is 14.9. The van der Waals surface area contributed by atoms with Crippen molar-refractivity contribution in [2.24, 2.45) is 5.92 Å². The summed E-state index contributed by atoms with van der Waals surface area (Å²) >= 11 is 1.76. The third-order valence-electron chi connectivity index (χ3n) is 5.43. The van der Waals surface area contributed by atoms with Crippen LogP contribution in [0.5, 0.6) is 0 Å². The summed E-state index contributed by atoms with van der Waals surface area (Å²) in [5.74, 6) is 1.39. The van der Waals surface area contributed by atoms with Crippen molar-refractivity contribution in [2.45, 2.75) is 58.8 Å². The number of anilines is 1. The lowest BCUT2D eigenvalue weighted by molar-refractivity contribution is 0.102. The van der Waals surface area contributed by atoms with Crippen LogP contribution in [0.4, 0.5) is 5.69 Å². The van der Waals surface area contributed by atoms with E-state index in [1.807, 2.05) is 17.5 Å². The van der Waals surface area contributed by atoms with Crippen LogP contribution in [0.1, 0.15) is 72.3 Å². The SMILES string of the molecule is CCC1CCc2c(C(=O)Nc3ccc(C(C)CC)cc3)csc2C1. The molecule has 3 rings (SSSR count). The highest BCUT2D eigenvalue weighted by atomic mass is 32.1. The van der Waals surface area contributed by atoms with Crippen LogP contribution in [0.25, 0.3) is 0 Å². The predicted octanol–water partition coefficient (Wildman–Crippen LogP) is 6.03. The lowest BCUT2D eigenvalue weighted by Gasteiger charge is -2.21. The highest BCUT2D eigenvalue weighted by Gasteiger charge is 2.24. The fraction of sp³-hybridized carbons (Fsp3) is 0.476. The first kappa shape index (κ1) is 17.2. The lowest BCUT2D eigenvalue weighted by Crippen LogP contribution is -2.17. The van der Waals surface area contributed by atoms with E-state index in [1.54, 1.807) is 11.3 Å². The first-order valence-corrected chi connectivity index (χ1v) is 10.0. The van der Waals surface area contributed by atoms with Gasteiger partial charge in [0.1, 0.15) is 0 Å². The van der Waals surface area contributed by atoms with Gasteiger partial charge in [-0.3, -0.25) is 4.79 Å². The van der Waals surface area contributed by atoms with Crippen LogP contribution in [-0.2, 0) is 12.8 Å². The Bertz CT molecular complexity index is 701. The summed E-state index contributed by atoms with van der Waals surface area (Å²) in [5, 5.41) is 5.12. The number of benzene rings is 1. The summed E-state index contributed by atoms with van der Waals surface area (Å²) in [7, 11) is 0. The molecule has 0 spiro atoms. The summed E-state index contributed by atoms with van der Waals surface area (Å²) in [6.07, 6.45) is 5.78. The molecule has 0 saturated heterocycles. The first-order chi connectivity index (χ1) is 11.6. The van der Waals surface area contributed by atoms with E-state index in [-0.39, 0.29) is 5.91 Å². The van der Waals surface area contributed by atoms with Gasteiger partial charge in [0.05, 0.1) is 5.56 Å². The molecular formula is C21H27NOS. The van der Waals surface area contributed by atoms with E-state index in [0.29, 0.717) is 5.92 Å². The van der Waals surface area contributed by atoms with E-state index in [0.717, 1.165) is 36.4 Å². The first-order valence-electron chi connectivity index (χ1n) is 9.12. The molecule has 1 heterocycles. The highest BCUT2D eigenvalue weighted by molar-refractivity contribution is 7.10.